The van der Waals surface area contributed by atoms with E-state index in [1.54, 1.807) is 0 Å². The molecule has 0 unspecified atom stereocenters. The van der Waals surface area contributed by atoms with Crippen molar-refractivity contribution >= 4 is 5.91 Å². The SMILES string of the molecule is Cc1ccccc1[C@@H]1[C@H]2CNC[C@H]2CN1C(=O)c1cc2c([nH]c1=O)CCC2. The van der Waals surface area contributed by atoms with E-state index in [2.05, 4.69) is 29.4 Å². The maximum Gasteiger partial charge on any atom is 0.261 e. The number of nitrogens with zero attached hydrogens (tertiary/aromatic N) is 1. The van der Waals surface area contributed by atoms with Crippen LogP contribution in [0.3, 0.4) is 0 Å². The molecular formula is C22H25N3O2. The van der Waals surface area contributed by atoms with Gasteiger partial charge in [-0.3, -0.25) is 9.59 Å². The van der Waals surface area contributed by atoms with Crippen LogP contribution >= 0.6 is 0 Å². The Morgan fingerprint density at radius 2 is 2.04 bits per heavy atom. The quantitative estimate of drug-likeness (QED) is 0.860. The van der Waals surface area contributed by atoms with Gasteiger partial charge >= 0.3 is 0 Å². The molecule has 27 heavy (non-hydrogen) atoms. The fraction of sp³-hybridized carbons (Fsp3) is 0.455. The molecule has 1 aliphatic carbocycles. The molecule has 0 radical (unpaired) electrons. The highest BCUT2D eigenvalue weighted by molar-refractivity contribution is 5.94. The summed E-state index contributed by atoms with van der Waals surface area (Å²) in [4.78, 5) is 31.0. The van der Waals surface area contributed by atoms with Gasteiger partial charge in [-0.15, -0.1) is 0 Å². The molecule has 3 heterocycles. The molecule has 2 aliphatic heterocycles. The molecule has 2 fully saturated rings. The number of fused-ring (bicyclic) bond motifs is 2. The summed E-state index contributed by atoms with van der Waals surface area (Å²) in [6.07, 6.45) is 2.90. The molecule has 2 aromatic rings. The van der Waals surface area contributed by atoms with Crippen molar-refractivity contribution in [1.29, 1.82) is 0 Å². The number of H-pyrrole nitrogens is 1. The lowest BCUT2D eigenvalue weighted by atomic mass is 9.87. The molecule has 3 aliphatic rings. The molecular weight excluding hydrogens is 338 g/mol. The third-order valence-corrected chi connectivity index (χ3v) is 6.65. The minimum Gasteiger partial charge on any atom is -0.331 e. The molecule has 3 atom stereocenters. The van der Waals surface area contributed by atoms with Gasteiger partial charge in [-0.1, -0.05) is 24.3 Å². The highest BCUT2D eigenvalue weighted by atomic mass is 16.2. The van der Waals surface area contributed by atoms with Crippen molar-refractivity contribution in [3.05, 3.63) is 68.6 Å². The van der Waals surface area contributed by atoms with Crippen LogP contribution in [0.15, 0.2) is 35.1 Å². The van der Waals surface area contributed by atoms with Crippen LogP contribution in [-0.4, -0.2) is 35.4 Å². The Bertz CT molecular complexity index is 964. The van der Waals surface area contributed by atoms with Gasteiger partial charge < -0.3 is 15.2 Å². The predicted octanol–water partition coefficient (Wildman–Crippen LogP) is 2.20. The number of rotatable bonds is 2. The topological polar surface area (TPSA) is 65.2 Å². The van der Waals surface area contributed by atoms with Crippen LogP contribution in [0.2, 0.25) is 0 Å². The van der Waals surface area contributed by atoms with E-state index < -0.39 is 0 Å². The summed E-state index contributed by atoms with van der Waals surface area (Å²) in [6, 6.07) is 10.2. The highest BCUT2D eigenvalue weighted by Gasteiger charge is 2.47. The Morgan fingerprint density at radius 3 is 2.89 bits per heavy atom. The lowest BCUT2D eigenvalue weighted by Gasteiger charge is -2.29. The van der Waals surface area contributed by atoms with E-state index in [1.807, 2.05) is 23.1 Å². The Hall–Kier alpha value is -2.40. The van der Waals surface area contributed by atoms with Crippen LogP contribution in [0.1, 0.15) is 45.2 Å². The Kier molecular flexibility index (Phi) is 3.93. The smallest absolute Gasteiger partial charge is 0.261 e. The number of amides is 1. The molecule has 0 saturated carbocycles. The van der Waals surface area contributed by atoms with Crippen molar-refractivity contribution in [2.75, 3.05) is 19.6 Å². The van der Waals surface area contributed by atoms with Gasteiger partial charge in [0.25, 0.3) is 11.5 Å². The zero-order valence-electron chi connectivity index (χ0n) is 15.6. The number of aromatic amines is 1. The van der Waals surface area contributed by atoms with Crippen LogP contribution in [0.25, 0.3) is 0 Å². The molecule has 1 amide bonds. The van der Waals surface area contributed by atoms with E-state index in [4.69, 9.17) is 0 Å². The van der Waals surface area contributed by atoms with Crippen LogP contribution in [0, 0.1) is 18.8 Å². The summed E-state index contributed by atoms with van der Waals surface area (Å²) < 4.78 is 0. The summed E-state index contributed by atoms with van der Waals surface area (Å²) >= 11 is 0. The number of carbonyl (C=O) groups is 1. The van der Waals surface area contributed by atoms with Crippen molar-refractivity contribution in [1.82, 2.24) is 15.2 Å². The van der Waals surface area contributed by atoms with Gasteiger partial charge in [-0.2, -0.15) is 0 Å². The third-order valence-electron chi connectivity index (χ3n) is 6.65. The van der Waals surface area contributed by atoms with Gasteiger partial charge in [0.05, 0.1) is 6.04 Å². The fourth-order valence-electron chi connectivity index (χ4n) is 5.27. The van der Waals surface area contributed by atoms with E-state index in [0.717, 1.165) is 43.6 Å². The molecule has 2 N–H and O–H groups in total. The van der Waals surface area contributed by atoms with Gasteiger partial charge in [0.2, 0.25) is 0 Å². The lowest BCUT2D eigenvalue weighted by molar-refractivity contribution is 0.0711. The lowest BCUT2D eigenvalue weighted by Crippen LogP contribution is -2.37. The highest BCUT2D eigenvalue weighted by Crippen LogP contribution is 2.44. The van der Waals surface area contributed by atoms with Gasteiger partial charge in [0, 0.05) is 31.2 Å². The number of aromatic nitrogens is 1. The van der Waals surface area contributed by atoms with Crippen molar-refractivity contribution < 1.29 is 4.79 Å². The summed E-state index contributed by atoms with van der Waals surface area (Å²) in [6.45, 7) is 4.69. The van der Waals surface area contributed by atoms with E-state index in [-0.39, 0.29) is 17.5 Å². The number of nitrogens with one attached hydrogen (secondary N) is 2. The molecule has 2 saturated heterocycles. The number of carbonyl (C=O) groups excluding carboxylic acids is 1. The minimum absolute atomic E-state index is 0.0337. The summed E-state index contributed by atoms with van der Waals surface area (Å²) in [7, 11) is 0. The van der Waals surface area contributed by atoms with E-state index in [1.165, 1.54) is 11.1 Å². The van der Waals surface area contributed by atoms with E-state index in [0.29, 0.717) is 23.9 Å². The van der Waals surface area contributed by atoms with Crippen molar-refractivity contribution in [2.45, 2.75) is 32.2 Å². The number of likely N-dealkylation sites (tertiary alicyclic amines) is 1. The maximum atomic E-state index is 13.5. The minimum atomic E-state index is -0.237. The number of pyridine rings is 1. The summed E-state index contributed by atoms with van der Waals surface area (Å²) in [5, 5.41) is 3.48. The summed E-state index contributed by atoms with van der Waals surface area (Å²) in [5.41, 5.74) is 4.62. The average molecular weight is 363 g/mol. The number of benzene rings is 1. The second kappa shape index (κ2) is 6.34. The number of hydrogen-bond acceptors (Lipinski definition) is 3. The number of aryl methyl sites for hydroxylation is 3. The van der Waals surface area contributed by atoms with Crippen molar-refractivity contribution in [3.63, 3.8) is 0 Å². The van der Waals surface area contributed by atoms with Gasteiger partial charge in [-0.25, -0.2) is 0 Å². The third kappa shape index (κ3) is 2.64. The van der Waals surface area contributed by atoms with Gasteiger partial charge in [0.1, 0.15) is 5.56 Å². The first-order valence-electron chi connectivity index (χ1n) is 9.96. The first kappa shape index (κ1) is 16.8. The maximum absolute atomic E-state index is 13.5. The number of hydrogen-bond donors (Lipinski definition) is 2. The molecule has 1 aromatic carbocycles. The molecule has 5 nitrogen and oxygen atoms in total. The van der Waals surface area contributed by atoms with E-state index in [9.17, 15) is 9.59 Å². The van der Waals surface area contributed by atoms with Crippen LogP contribution in [0.5, 0.6) is 0 Å². The Morgan fingerprint density at radius 1 is 1.19 bits per heavy atom. The second-order valence-corrected chi connectivity index (χ2v) is 8.21. The molecule has 5 heteroatoms. The average Bonchev–Trinajstić information content (AvgIpc) is 3.36. The van der Waals surface area contributed by atoms with Gasteiger partial charge in [-0.05, 0) is 54.9 Å². The van der Waals surface area contributed by atoms with E-state index >= 15 is 0 Å². The molecule has 140 valence electrons. The normalized spacial score (nSPS) is 26.3. The molecule has 5 rings (SSSR count). The first-order chi connectivity index (χ1) is 13.1. The van der Waals surface area contributed by atoms with Crippen LogP contribution in [-0.2, 0) is 12.8 Å². The second-order valence-electron chi connectivity index (χ2n) is 8.21. The standard InChI is InChI=1S/C22H25N3O2/c1-13-5-2-3-7-16(13)20-18-11-23-10-15(18)12-25(20)22(27)17-9-14-6-4-8-19(14)24-21(17)26/h2-3,5,7,9,15,18,20,23H,4,6,8,10-12H2,1H3,(H,24,26)/t15-,18-,20+/m0/s1. The summed E-state index contributed by atoms with van der Waals surface area (Å²) in [5.74, 6) is 0.740. The van der Waals surface area contributed by atoms with Crippen molar-refractivity contribution in [2.24, 2.45) is 11.8 Å². The zero-order chi connectivity index (χ0) is 18.5. The monoisotopic (exact) mass is 363 g/mol. The zero-order valence-corrected chi connectivity index (χ0v) is 15.6. The molecule has 0 spiro atoms. The first-order valence-corrected chi connectivity index (χ1v) is 9.96. The molecule has 0 bridgehead atoms. The molecule has 1 aromatic heterocycles. The van der Waals surface area contributed by atoms with Crippen molar-refractivity contribution in [3.8, 4) is 0 Å². The Balaban J connectivity index is 1.56. The predicted molar refractivity (Wildman–Crippen MR) is 104 cm³/mol. The largest absolute Gasteiger partial charge is 0.331 e. The fourth-order valence-corrected chi connectivity index (χ4v) is 5.27. The van der Waals surface area contributed by atoms with Gasteiger partial charge in [0.15, 0.2) is 0 Å². The van der Waals surface area contributed by atoms with Crippen LogP contribution in [0.4, 0.5) is 0 Å². The Labute approximate surface area is 158 Å². The van der Waals surface area contributed by atoms with Crippen LogP contribution < -0.4 is 10.9 Å².